The number of nitrogens with zero attached hydrogens (tertiary/aromatic N) is 3. The van der Waals surface area contributed by atoms with E-state index < -0.39 is 0 Å². The van der Waals surface area contributed by atoms with E-state index in [0.29, 0.717) is 31.4 Å². The molecule has 0 saturated carbocycles. The van der Waals surface area contributed by atoms with Gasteiger partial charge in [0.25, 0.3) is 0 Å². The standard InChI is InChI=1S/C21H29N5O2/c1-15(2)19-11-18(28-25-19)12-24-21(22-3)23-10-6-9-20(27)26-13-16-7-4-5-8-17(16)14-26/h4-5,7-8,11,15H,6,9-10,12-14H2,1-3H3,(H2,22,23,24). The second-order valence-corrected chi connectivity index (χ2v) is 7.35. The summed E-state index contributed by atoms with van der Waals surface area (Å²) in [5, 5.41) is 10.5. The lowest BCUT2D eigenvalue weighted by Gasteiger charge is -2.16. The average Bonchev–Trinajstić information content (AvgIpc) is 3.34. The van der Waals surface area contributed by atoms with Crippen molar-refractivity contribution in [2.24, 2.45) is 4.99 Å². The smallest absolute Gasteiger partial charge is 0.223 e. The molecule has 1 aliphatic heterocycles. The van der Waals surface area contributed by atoms with Crippen molar-refractivity contribution in [2.75, 3.05) is 13.6 Å². The molecular weight excluding hydrogens is 354 g/mol. The molecule has 7 nitrogen and oxygen atoms in total. The van der Waals surface area contributed by atoms with Crippen LogP contribution in [0.4, 0.5) is 0 Å². The van der Waals surface area contributed by atoms with E-state index in [1.165, 1.54) is 11.1 Å². The maximum atomic E-state index is 12.4. The second-order valence-electron chi connectivity index (χ2n) is 7.35. The van der Waals surface area contributed by atoms with Crippen molar-refractivity contribution in [3.8, 4) is 0 Å². The number of carbonyl (C=O) groups excluding carboxylic acids is 1. The van der Waals surface area contributed by atoms with E-state index in [1.807, 2.05) is 23.1 Å². The molecule has 1 aromatic carbocycles. The van der Waals surface area contributed by atoms with Crippen LogP contribution in [0.2, 0.25) is 0 Å². The number of guanidine groups is 1. The van der Waals surface area contributed by atoms with Gasteiger partial charge in [0, 0.05) is 39.2 Å². The van der Waals surface area contributed by atoms with Crippen LogP contribution in [0.3, 0.4) is 0 Å². The van der Waals surface area contributed by atoms with Gasteiger partial charge in [0.1, 0.15) is 0 Å². The predicted molar refractivity (Wildman–Crippen MR) is 109 cm³/mol. The lowest BCUT2D eigenvalue weighted by molar-refractivity contribution is -0.131. The highest BCUT2D eigenvalue weighted by Crippen LogP contribution is 2.22. The van der Waals surface area contributed by atoms with E-state index in [1.54, 1.807) is 7.05 Å². The highest BCUT2D eigenvalue weighted by Gasteiger charge is 2.22. The summed E-state index contributed by atoms with van der Waals surface area (Å²) in [5.74, 6) is 2.00. The van der Waals surface area contributed by atoms with Crippen molar-refractivity contribution in [1.29, 1.82) is 0 Å². The zero-order chi connectivity index (χ0) is 19.9. The Labute approximate surface area is 166 Å². The van der Waals surface area contributed by atoms with Crippen LogP contribution in [0, 0.1) is 0 Å². The Hall–Kier alpha value is -2.83. The molecule has 0 bridgehead atoms. The number of amides is 1. The first-order chi connectivity index (χ1) is 13.6. The molecule has 0 atom stereocenters. The summed E-state index contributed by atoms with van der Waals surface area (Å²) in [7, 11) is 1.72. The third kappa shape index (κ3) is 5.12. The number of aliphatic imine (C=N–C) groups is 1. The molecule has 1 aromatic heterocycles. The van der Waals surface area contributed by atoms with Gasteiger partial charge in [0.15, 0.2) is 11.7 Å². The van der Waals surface area contributed by atoms with Crippen molar-refractivity contribution >= 4 is 11.9 Å². The largest absolute Gasteiger partial charge is 0.359 e. The van der Waals surface area contributed by atoms with E-state index in [0.717, 1.165) is 31.0 Å². The minimum atomic E-state index is 0.198. The minimum absolute atomic E-state index is 0.198. The van der Waals surface area contributed by atoms with Crippen molar-refractivity contribution in [1.82, 2.24) is 20.7 Å². The van der Waals surface area contributed by atoms with E-state index in [4.69, 9.17) is 4.52 Å². The molecule has 0 spiro atoms. The molecule has 0 unspecified atom stereocenters. The topological polar surface area (TPSA) is 82.8 Å². The summed E-state index contributed by atoms with van der Waals surface area (Å²) in [5.41, 5.74) is 3.46. The molecule has 0 saturated heterocycles. The fraction of sp³-hybridized carbons (Fsp3) is 0.476. The maximum absolute atomic E-state index is 12.4. The Kier molecular flexibility index (Phi) is 6.68. The number of rotatable bonds is 7. The quantitative estimate of drug-likeness (QED) is 0.436. The maximum Gasteiger partial charge on any atom is 0.223 e. The Balaban J connectivity index is 1.35. The molecule has 2 heterocycles. The Bertz CT molecular complexity index is 803. The van der Waals surface area contributed by atoms with E-state index >= 15 is 0 Å². The number of benzene rings is 1. The lowest BCUT2D eigenvalue weighted by Crippen LogP contribution is -2.37. The molecule has 1 aliphatic rings. The van der Waals surface area contributed by atoms with Gasteiger partial charge in [-0.15, -0.1) is 0 Å². The molecule has 2 aromatic rings. The van der Waals surface area contributed by atoms with Gasteiger partial charge >= 0.3 is 0 Å². The van der Waals surface area contributed by atoms with Crippen molar-refractivity contribution in [3.63, 3.8) is 0 Å². The number of nitrogens with one attached hydrogen (secondary N) is 2. The molecular formula is C21H29N5O2. The minimum Gasteiger partial charge on any atom is -0.359 e. The summed E-state index contributed by atoms with van der Waals surface area (Å²) in [6, 6.07) is 10.2. The summed E-state index contributed by atoms with van der Waals surface area (Å²) in [6.07, 6.45) is 1.28. The number of carbonyl (C=O) groups is 1. The normalized spacial score (nSPS) is 13.7. The predicted octanol–water partition coefficient (Wildman–Crippen LogP) is 2.79. The van der Waals surface area contributed by atoms with Crippen LogP contribution in [0.5, 0.6) is 0 Å². The van der Waals surface area contributed by atoms with Crippen molar-refractivity contribution in [3.05, 3.63) is 52.9 Å². The van der Waals surface area contributed by atoms with Gasteiger partial charge in [0.05, 0.1) is 12.2 Å². The first-order valence-electron chi connectivity index (χ1n) is 9.81. The Morgan fingerprint density at radius 2 is 1.96 bits per heavy atom. The Morgan fingerprint density at radius 3 is 2.57 bits per heavy atom. The SMILES string of the molecule is CN=C(NCCCC(=O)N1Cc2ccccc2C1)NCc1cc(C(C)C)no1. The van der Waals surface area contributed by atoms with Gasteiger partial charge in [-0.3, -0.25) is 9.79 Å². The second kappa shape index (κ2) is 9.39. The van der Waals surface area contributed by atoms with Crippen LogP contribution in [-0.2, 0) is 24.4 Å². The average molecular weight is 383 g/mol. The first kappa shape index (κ1) is 19.9. The van der Waals surface area contributed by atoms with Crippen LogP contribution in [-0.4, -0.2) is 35.5 Å². The van der Waals surface area contributed by atoms with Crippen LogP contribution < -0.4 is 10.6 Å². The summed E-state index contributed by atoms with van der Waals surface area (Å²) in [6.45, 7) is 6.81. The molecule has 0 fully saturated rings. The van der Waals surface area contributed by atoms with Gasteiger partial charge in [-0.1, -0.05) is 43.3 Å². The van der Waals surface area contributed by atoms with E-state index in [9.17, 15) is 4.79 Å². The van der Waals surface area contributed by atoms with Crippen molar-refractivity contribution in [2.45, 2.75) is 52.2 Å². The highest BCUT2D eigenvalue weighted by atomic mass is 16.5. The summed E-state index contributed by atoms with van der Waals surface area (Å²) in [4.78, 5) is 18.6. The van der Waals surface area contributed by atoms with Gasteiger partial charge in [-0.2, -0.15) is 0 Å². The van der Waals surface area contributed by atoms with E-state index in [2.05, 4.69) is 46.8 Å². The monoisotopic (exact) mass is 383 g/mol. The molecule has 150 valence electrons. The van der Waals surface area contributed by atoms with Gasteiger partial charge in [-0.25, -0.2) is 0 Å². The third-order valence-corrected chi connectivity index (χ3v) is 4.88. The molecule has 2 N–H and O–H groups in total. The molecule has 0 radical (unpaired) electrons. The third-order valence-electron chi connectivity index (χ3n) is 4.88. The summed E-state index contributed by atoms with van der Waals surface area (Å²) < 4.78 is 5.32. The fourth-order valence-corrected chi connectivity index (χ4v) is 3.19. The molecule has 7 heteroatoms. The van der Waals surface area contributed by atoms with Crippen LogP contribution >= 0.6 is 0 Å². The fourth-order valence-electron chi connectivity index (χ4n) is 3.19. The highest BCUT2D eigenvalue weighted by molar-refractivity contribution is 5.80. The van der Waals surface area contributed by atoms with Gasteiger partial charge < -0.3 is 20.1 Å². The Morgan fingerprint density at radius 1 is 1.25 bits per heavy atom. The molecule has 1 amide bonds. The number of hydrogen-bond acceptors (Lipinski definition) is 4. The van der Waals surface area contributed by atoms with Crippen LogP contribution in [0.25, 0.3) is 0 Å². The van der Waals surface area contributed by atoms with Gasteiger partial charge in [0.2, 0.25) is 5.91 Å². The number of fused-ring (bicyclic) bond motifs is 1. The number of hydrogen-bond donors (Lipinski definition) is 2. The van der Waals surface area contributed by atoms with E-state index in [-0.39, 0.29) is 5.91 Å². The lowest BCUT2D eigenvalue weighted by atomic mass is 10.1. The number of aromatic nitrogens is 1. The van der Waals surface area contributed by atoms with Crippen molar-refractivity contribution < 1.29 is 9.32 Å². The molecule has 0 aliphatic carbocycles. The van der Waals surface area contributed by atoms with Crippen LogP contribution in [0.1, 0.15) is 55.2 Å². The first-order valence-corrected chi connectivity index (χ1v) is 9.81. The van der Waals surface area contributed by atoms with Crippen LogP contribution in [0.15, 0.2) is 39.8 Å². The summed E-state index contributed by atoms with van der Waals surface area (Å²) >= 11 is 0. The molecule has 3 rings (SSSR count). The molecule has 28 heavy (non-hydrogen) atoms. The zero-order valence-corrected chi connectivity index (χ0v) is 16.9. The van der Waals surface area contributed by atoms with Gasteiger partial charge in [-0.05, 0) is 23.5 Å². The zero-order valence-electron chi connectivity index (χ0n) is 16.9.